The highest BCUT2D eigenvalue weighted by Crippen LogP contribution is 2.35. The lowest BCUT2D eigenvalue weighted by Crippen LogP contribution is -2.59. The number of aromatic nitrogens is 1. The summed E-state index contributed by atoms with van der Waals surface area (Å²) in [5.74, 6) is -2.83. The predicted octanol–water partition coefficient (Wildman–Crippen LogP) is 6.73. The summed E-state index contributed by atoms with van der Waals surface area (Å²) >= 11 is 0. The number of hydrogen-bond acceptors (Lipinski definition) is 7. The zero-order chi connectivity index (χ0) is 34.5. The molecule has 2 heterocycles. The quantitative estimate of drug-likeness (QED) is 0.182. The van der Waals surface area contributed by atoms with Crippen molar-refractivity contribution in [3.05, 3.63) is 119 Å². The van der Waals surface area contributed by atoms with Crippen LogP contribution in [0.15, 0.2) is 83.9 Å². The van der Waals surface area contributed by atoms with Crippen LogP contribution in [0.25, 0.3) is 0 Å². The van der Waals surface area contributed by atoms with Crippen molar-refractivity contribution in [3.63, 3.8) is 0 Å². The molecule has 9 nitrogen and oxygen atoms in total. The second-order valence-corrected chi connectivity index (χ2v) is 14.1. The lowest BCUT2D eigenvalue weighted by atomic mass is 9.85. The average Bonchev–Trinajstić information content (AvgIpc) is 3.11. The molecule has 2 fully saturated rings. The van der Waals surface area contributed by atoms with Crippen molar-refractivity contribution in [2.24, 2.45) is 0 Å². The highest BCUT2D eigenvalue weighted by molar-refractivity contribution is 7.89. The second-order valence-electron chi connectivity index (χ2n) is 12.2. The molecule has 1 aliphatic carbocycles. The second kappa shape index (κ2) is 14.5. The summed E-state index contributed by atoms with van der Waals surface area (Å²) in [5, 5.41) is 19.0. The van der Waals surface area contributed by atoms with Gasteiger partial charge >= 0.3 is 0 Å². The average molecular weight is 682 g/mol. The summed E-state index contributed by atoms with van der Waals surface area (Å²) < 4.78 is 62.5. The summed E-state index contributed by atoms with van der Waals surface area (Å²) in [6.45, 7) is 0.118. The van der Waals surface area contributed by atoms with E-state index in [1.807, 2.05) is 48.7 Å². The highest BCUT2D eigenvalue weighted by Gasteiger charge is 2.45. The number of sulfonamides is 1. The Morgan fingerprint density at radius 3 is 2.35 bits per heavy atom. The minimum absolute atomic E-state index is 0.0120. The SMILES string of the molecule is N#Cc1ccc(N(Cc2ccc(C3CCCCC3)cn2)C(=O)C2CCN2S(=O)(=O)c2cc(F)c(F)c(C#N)c2)cc1OCc1ccccc1. The minimum Gasteiger partial charge on any atom is -0.487 e. The van der Waals surface area contributed by atoms with Gasteiger partial charge in [-0.05, 0) is 66.6 Å². The van der Waals surface area contributed by atoms with Crippen molar-refractivity contribution in [2.75, 3.05) is 11.4 Å². The molecule has 1 atom stereocenters. The first-order valence-electron chi connectivity index (χ1n) is 16.1. The maximum absolute atomic E-state index is 14.3. The lowest BCUT2D eigenvalue weighted by Gasteiger charge is -2.41. The van der Waals surface area contributed by atoms with Crippen LogP contribution in [0.3, 0.4) is 0 Å². The van der Waals surface area contributed by atoms with Crippen molar-refractivity contribution in [1.29, 1.82) is 10.5 Å². The van der Waals surface area contributed by atoms with E-state index >= 15 is 0 Å². The summed E-state index contributed by atoms with van der Waals surface area (Å²) in [6.07, 6.45) is 7.77. The van der Waals surface area contributed by atoms with Crippen molar-refractivity contribution in [3.8, 4) is 17.9 Å². The fourth-order valence-electron chi connectivity index (χ4n) is 6.30. The molecule has 250 valence electrons. The Bertz CT molecular complexity index is 2040. The van der Waals surface area contributed by atoms with Crippen LogP contribution in [0.5, 0.6) is 5.75 Å². The molecule has 3 aromatic carbocycles. The normalized spacial score (nSPS) is 16.6. The molecule has 1 saturated carbocycles. The number of nitrogens with zero attached hydrogens (tertiary/aromatic N) is 5. The molecule has 4 aromatic rings. The van der Waals surface area contributed by atoms with Crippen molar-refractivity contribution in [2.45, 2.75) is 68.5 Å². The molecule has 0 spiro atoms. The molecule has 1 amide bonds. The maximum Gasteiger partial charge on any atom is 0.245 e. The number of nitriles is 2. The first-order valence-corrected chi connectivity index (χ1v) is 17.5. The van der Waals surface area contributed by atoms with Gasteiger partial charge in [-0.1, -0.05) is 55.7 Å². The van der Waals surface area contributed by atoms with Gasteiger partial charge in [-0.15, -0.1) is 0 Å². The monoisotopic (exact) mass is 681 g/mol. The molecule has 0 bridgehead atoms. The zero-order valence-electron chi connectivity index (χ0n) is 26.6. The zero-order valence-corrected chi connectivity index (χ0v) is 27.4. The van der Waals surface area contributed by atoms with Gasteiger partial charge in [0, 0.05) is 24.5 Å². The van der Waals surface area contributed by atoms with E-state index in [1.165, 1.54) is 36.3 Å². The van der Waals surface area contributed by atoms with Crippen LogP contribution >= 0.6 is 0 Å². The highest BCUT2D eigenvalue weighted by atomic mass is 32.2. The summed E-state index contributed by atoms with van der Waals surface area (Å²) in [5.41, 5.74) is 2.43. The van der Waals surface area contributed by atoms with Gasteiger partial charge < -0.3 is 9.64 Å². The number of pyridine rings is 1. The molecule has 1 unspecified atom stereocenters. The number of rotatable bonds is 10. The largest absolute Gasteiger partial charge is 0.487 e. The summed E-state index contributed by atoms with van der Waals surface area (Å²) in [4.78, 5) is 19.8. The molecule has 2 aliphatic rings. The number of hydrogen-bond donors (Lipinski definition) is 0. The Morgan fingerprint density at radius 2 is 1.69 bits per heavy atom. The van der Waals surface area contributed by atoms with Gasteiger partial charge in [0.15, 0.2) is 11.6 Å². The van der Waals surface area contributed by atoms with Gasteiger partial charge in [-0.25, -0.2) is 17.2 Å². The Balaban J connectivity index is 1.32. The summed E-state index contributed by atoms with van der Waals surface area (Å²) in [7, 11) is -4.49. The van der Waals surface area contributed by atoms with Gasteiger partial charge in [0.1, 0.15) is 30.5 Å². The van der Waals surface area contributed by atoms with Gasteiger partial charge in [0.2, 0.25) is 15.9 Å². The van der Waals surface area contributed by atoms with Crippen LogP contribution in [0.1, 0.15) is 72.4 Å². The van der Waals surface area contributed by atoms with E-state index < -0.39 is 44.1 Å². The third-order valence-corrected chi connectivity index (χ3v) is 11.0. The fourth-order valence-corrected chi connectivity index (χ4v) is 7.97. The molecule has 1 saturated heterocycles. The number of benzene rings is 3. The Kier molecular flexibility index (Phi) is 10.00. The molecule has 1 aromatic heterocycles. The topological polar surface area (TPSA) is 127 Å². The van der Waals surface area contributed by atoms with Gasteiger partial charge in [0.05, 0.1) is 28.3 Å². The first-order chi connectivity index (χ1) is 23.7. The van der Waals surface area contributed by atoms with Crippen LogP contribution < -0.4 is 9.64 Å². The Morgan fingerprint density at radius 1 is 0.939 bits per heavy atom. The van der Waals surface area contributed by atoms with Gasteiger partial charge in [-0.3, -0.25) is 9.78 Å². The molecule has 1 aliphatic heterocycles. The summed E-state index contributed by atoms with van der Waals surface area (Å²) in [6, 6.07) is 21.6. The number of amides is 1. The fraction of sp³-hybridized carbons (Fsp3) is 0.297. The molecular weight excluding hydrogens is 649 g/mol. The predicted molar refractivity (Wildman–Crippen MR) is 177 cm³/mol. The van der Waals surface area contributed by atoms with Crippen LogP contribution in [-0.4, -0.2) is 36.2 Å². The van der Waals surface area contributed by atoms with Crippen LogP contribution in [0.4, 0.5) is 14.5 Å². The Hall–Kier alpha value is -5.17. The molecule has 0 N–H and O–H groups in total. The van der Waals surface area contributed by atoms with E-state index in [-0.39, 0.29) is 37.4 Å². The smallest absolute Gasteiger partial charge is 0.245 e. The molecule has 12 heteroatoms. The first kappa shape index (κ1) is 33.7. The van der Waals surface area contributed by atoms with Gasteiger partial charge in [0.25, 0.3) is 0 Å². The van der Waals surface area contributed by atoms with E-state index in [0.717, 1.165) is 34.3 Å². The van der Waals surface area contributed by atoms with Crippen LogP contribution in [0, 0.1) is 34.3 Å². The third-order valence-electron chi connectivity index (χ3n) is 9.13. The van der Waals surface area contributed by atoms with E-state index in [0.29, 0.717) is 23.4 Å². The molecule has 0 radical (unpaired) electrons. The van der Waals surface area contributed by atoms with Crippen molar-refractivity contribution in [1.82, 2.24) is 9.29 Å². The molecule has 49 heavy (non-hydrogen) atoms. The van der Waals surface area contributed by atoms with Crippen LogP contribution in [-0.2, 0) is 28.0 Å². The molecule has 6 rings (SSSR count). The minimum atomic E-state index is -4.49. The number of carbonyl (C=O) groups is 1. The van der Waals surface area contributed by atoms with E-state index in [4.69, 9.17) is 4.74 Å². The van der Waals surface area contributed by atoms with Crippen molar-refractivity contribution >= 4 is 21.6 Å². The maximum atomic E-state index is 14.3. The van der Waals surface area contributed by atoms with Crippen molar-refractivity contribution < 1.29 is 26.7 Å². The Labute approximate surface area is 284 Å². The third kappa shape index (κ3) is 7.16. The number of ether oxygens (including phenoxy) is 1. The van der Waals surface area contributed by atoms with Crippen LogP contribution in [0.2, 0.25) is 0 Å². The number of anilines is 1. The molecular formula is C37H33F2N5O4S. The standard InChI is InChI=1S/C37H33F2N5O4S/c38-33-19-32(17-29(21-41)36(33)39)49(46,47)44-16-15-34(44)37(45)43(23-30-13-11-28(22-42-30)26-9-5-2-6-10-26)31-14-12-27(20-40)35(18-31)48-24-25-7-3-1-4-8-25/h1,3-4,7-8,11-14,17-19,22,26,34H,2,5-6,9-10,15-16,23-24H2. The van der Waals surface area contributed by atoms with E-state index in [9.17, 15) is 32.5 Å². The lowest BCUT2D eigenvalue weighted by molar-refractivity contribution is -0.125. The number of carbonyl (C=O) groups excluding carboxylic acids is 1. The number of halogens is 2. The van der Waals surface area contributed by atoms with E-state index in [2.05, 4.69) is 11.1 Å². The van der Waals surface area contributed by atoms with E-state index in [1.54, 1.807) is 12.1 Å². The van der Waals surface area contributed by atoms with Gasteiger partial charge in [-0.2, -0.15) is 14.8 Å².